The molecule has 0 aromatic carbocycles. The molecule has 0 radical (unpaired) electrons. The Kier molecular flexibility index (Phi) is 3.57. The highest BCUT2D eigenvalue weighted by molar-refractivity contribution is 5.66. The summed E-state index contributed by atoms with van der Waals surface area (Å²) < 4.78 is 1.76. The maximum atomic E-state index is 4.74. The van der Waals surface area contributed by atoms with Gasteiger partial charge in [0.2, 0.25) is 5.95 Å². The first-order valence-electron chi connectivity index (χ1n) is 9.04. The Hall–Kier alpha value is -2.25. The van der Waals surface area contributed by atoms with Crippen molar-refractivity contribution in [1.82, 2.24) is 30.0 Å². The van der Waals surface area contributed by atoms with E-state index in [4.69, 9.17) is 4.98 Å². The summed E-state index contributed by atoms with van der Waals surface area (Å²) in [4.78, 5) is 11.8. The maximum absolute atomic E-state index is 4.74. The van der Waals surface area contributed by atoms with E-state index in [1.54, 1.807) is 10.9 Å². The summed E-state index contributed by atoms with van der Waals surface area (Å²) in [6.07, 6.45) is 11.6. The SMILES string of the molecule is Cn1cc(Nc2nccc(C3=CC4CCC(C3)N4C3CNC3)n2)cn1. The van der Waals surface area contributed by atoms with E-state index in [9.17, 15) is 0 Å². The lowest BCUT2D eigenvalue weighted by Crippen LogP contribution is -2.61. The van der Waals surface area contributed by atoms with Crippen LogP contribution in [0.25, 0.3) is 5.57 Å². The Morgan fingerprint density at radius 2 is 2.16 bits per heavy atom. The average molecular weight is 337 g/mol. The van der Waals surface area contributed by atoms with Crippen molar-refractivity contribution in [2.45, 2.75) is 37.4 Å². The Balaban J connectivity index is 1.37. The second-order valence-electron chi connectivity index (χ2n) is 7.25. The highest BCUT2D eigenvalue weighted by atomic mass is 15.3. The molecule has 5 rings (SSSR count). The first-order chi connectivity index (χ1) is 12.3. The van der Waals surface area contributed by atoms with Gasteiger partial charge in [-0.2, -0.15) is 5.10 Å². The molecule has 2 unspecified atom stereocenters. The molecule has 2 saturated heterocycles. The van der Waals surface area contributed by atoms with Crippen LogP contribution < -0.4 is 10.6 Å². The molecule has 0 saturated carbocycles. The van der Waals surface area contributed by atoms with Gasteiger partial charge in [0.25, 0.3) is 0 Å². The van der Waals surface area contributed by atoms with Crippen molar-refractivity contribution in [3.63, 3.8) is 0 Å². The third-order valence-corrected chi connectivity index (χ3v) is 5.58. The van der Waals surface area contributed by atoms with Gasteiger partial charge in [-0.25, -0.2) is 9.97 Å². The molecule has 3 aliphatic rings. The van der Waals surface area contributed by atoms with Crippen LogP contribution in [0.5, 0.6) is 0 Å². The molecule has 5 heterocycles. The molecule has 0 spiro atoms. The van der Waals surface area contributed by atoms with Crippen molar-refractivity contribution in [1.29, 1.82) is 0 Å². The second kappa shape index (κ2) is 5.93. The van der Waals surface area contributed by atoms with Crippen molar-refractivity contribution < 1.29 is 0 Å². The fraction of sp³-hybridized carbons (Fsp3) is 0.500. The van der Waals surface area contributed by atoms with Crippen LogP contribution >= 0.6 is 0 Å². The molecule has 3 aliphatic heterocycles. The van der Waals surface area contributed by atoms with Crippen molar-refractivity contribution in [3.05, 3.63) is 36.4 Å². The molecule has 0 amide bonds. The van der Waals surface area contributed by atoms with E-state index < -0.39 is 0 Å². The van der Waals surface area contributed by atoms with Crippen LogP contribution in [0.4, 0.5) is 11.6 Å². The van der Waals surface area contributed by atoms with Gasteiger partial charge >= 0.3 is 0 Å². The number of nitrogens with zero attached hydrogens (tertiary/aromatic N) is 5. The predicted octanol–water partition coefficient (Wildman–Crippen LogP) is 1.55. The molecule has 7 nitrogen and oxygen atoms in total. The third-order valence-electron chi connectivity index (χ3n) is 5.58. The summed E-state index contributed by atoms with van der Waals surface area (Å²) >= 11 is 0. The highest BCUT2D eigenvalue weighted by Gasteiger charge is 2.42. The zero-order valence-corrected chi connectivity index (χ0v) is 14.4. The Morgan fingerprint density at radius 3 is 2.88 bits per heavy atom. The zero-order chi connectivity index (χ0) is 16.8. The maximum Gasteiger partial charge on any atom is 0.227 e. The van der Waals surface area contributed by atoms with Gasteiger partial charge in [-0.05, 0) is 30.9 Å². The number of fused-ring (bicyclic) bond motifs is 2. The van der Waals surface area contributed by atoms with E-state index in [0.29, 0.717) is 18.0 Å². The molecular weight excluding hydrogens is 314 g/mol. The molecule has 0 aliphatic carbocycles. The molecule has 2 bridgehead atoms. The van der Waals surface area contributed by atoms with Crippen LogP contribution in [0.3, 0.4) is 0 Å². The van der Waals surface area contributed by atoms with E-state index in [2.05, 4.69) is 31.7 Å². The predicted molar refractivity (Wildman–Crippen MR) is 96.4 cm³/mol. The third kappa shape index (κ3) is 2.73. The first kappa shape index (κ1) is 15.0. The lowest BCUT2D eigenvalue weighted by molar-refractivity contribution is 0.103. The topological polar surface area (TPSA) is 70.9 Å². The monoisotopic (exact) mass is 337 g/mol. The van der Waals surface area contributed by atoms with Gasteiger partial charge in [-0.1, -0.05) is 6.08 Å². The van der Waals surface area contributed by atoms with Crippen molar-refractivity contribution >= 4 is 17.2 Å². The number of aryl methyl sites for hydroxylation is 1. The zero-order valence-electron chi connectivity index (χ0n) is 14.4. The molecule has 2 atom stereocenters. The summed E-state index contributed by atoms with van der Waals surface area (Å²) in [6.45, 7) is 2.28. The summed E-state index contributed by atoms with van der Waals surface area (Å²) in [6, 6.07) is 4.00. The fourth-order valence-corrected chi connectivity index (χ4v) is 4.32. The summed E-state index contributed by atoms with van der Waals surface area (Å²) in [5.74, 6) is 0.629. The number of rotatable bonds is 4. The van der Waals surface area contributed by atoms with Crippen LogP contribution in [0.2, 0.25) is 0 Å². The van der Waals surface area contributed by atoms with Crippen LogP contribution in [-0.2, 0) is 7.05 Å². The van der Waals surface area contributed by atoms with Crippen LogP contribution in [0.1, 0.15) is 25.0 Å². The molecule has 130 valence electrons. The van der Waals surface area contributed by atoms with Gasteiger partial charge in [0.05, 0.1) is 17.6 Å². The minimum Gasteiger partial charge on any atom is -0.321 e. The van der Waals surface area contributed by atoms with E-state index >= 15 is 0 Å². The van der Waals surface area contributed by atoms with Gasteiger partial charge in [-0.15, -0.1) is 0 Å². The summed E-state index contributed by atoms with van der Waals surface area (Å²) in [7, 11) is 1.90. The number of hydrogen-bond acceptors (Lipinski definition) is 6. The van der Waals surface area contributed by atoms with Gasteiger partial charge in [0.15, 0.2) is 0 Å². The smallest absolute Gasteiger partial charge is 0.227 e. The lowest BCUT2D eigenvalue weighted by atomic mass is 9.95. The molecule has 2 aromatic heterocycles. The standard InChI is InChI=1S/C18H23N7/c1-24-11-13(8-21-24)22-18-20-5-4-17(23-18)12-6-14-2-3-15(7-12)25(14)16-9-19-10-16/h4-6,8,11,14-16,19H,2-3,7,9-10H2,1H3,(H,20,22,23). The van der Waals surface area contributed by atoms with Crippen molar-refractivity contribution in [3.8, 4) is 0 Å². The molecule has 25 heavy (non-hydrogen) atoms. The Bertz CT molecular complexity index is 807. The fourth-order valence-electron chi connectivity index (χ4n) is 4.32. The normalized spacial score (nSPS) is 26.4. The Labute approximate surface area is 147 Å². The van der Waals surface area contributed by atoms with E-state index in [1.807, 2.05) is 25.5 Å². The number of anilines is 2. The van der Waals surface area contributed by atoms with Crippen molar-refractivity contribution in [2.75, 3.05) is 18.4 Å². The van der Waals surface area contributed by atoms with Crippen LogP contribution in [-0.4, -0.2) is 55.9 Å². The molecule has 2 fully saturated rings. The first-order valence-corrected chi connectivity index (χ1v) is 9.04. The lowest BCUT2D eigenvalue weighted by Gasteiger charge is -2.44. The number of aromatic nitrogens is 4. The second-order valence-corrected chi connectivity index (χ2v) is 7.25. The molecular formula is C18H23N7. The molecule has 2 aromatic rings. The van der Waals surface area contributed by atoms with Crippen LogP contribution in [0, 0.1) is 0 Å². The summed E-state index contributed by atoms with van der Waals surface area (Å²) in [5.41, 5.74) is 3.32. The highest BCUT2D eigenvalue weighted by Crippen LogP contribution is 2.39. The van der Waals surface area contributed by atoms with Crippen LogP contribution in [0.15, 0.2) is 30.7 Å². The van der Waals surface area contributed by atoms with E-state index in [0.717, 1.165) is 36.9 Å². The van der Waals surface area contributed by atoms with Gasteiger partial charge < -0.3 is 10.6 Å². The molecule has 7 heteroatoms. The van der Waals surface area contributed by atoms with Crippen molar-refractivity contribution in [2.24, 2.45) is 7.05 Å². The molecule has 2 N–H and O–H groups in total. The van der Waals surface area contributed by atoms with E-state index in [-0.39, 0.29) is 0 Å². The van der Waals surface area contributed by atoms with E-state index in [1.165, 1.54) is 18.4 Å². The largest absolute Gasteiger partial charge is 0.321 e. The van der Waals surface area contributed by atoms with Gasteiger partial charge in [-0.3, -0.25) is 9.58 Å². The minimum absolute atomic E-state index is 0.575. The van der Waals surface area contributed by atoms with Gasteiger partial charge in [0.1, 0.15) is 0 Å². The number of nitrogens with one attached hydrogen (secondary N) is 2. The minimum atomic E-state index is 0.575. The van der Waals surface area contributed by atoms with Gasteiger partial charge in [0, 0.05) is 50.7 Å². The number of hydrogen-bond donors (Lipinski definition) is 2. The average Bonchev–Trinajstić information content (AvgIpc) is 3.06. The summed E-state index contributed by atoms with van der Waals surface area (Å²) in [5, 5.41) is 10.8. The Morgan fingerprint density at radius 1 is 1.24 bits per heavy atom. The quantitative estimate of drug-likeness (QED) is 0.882.